The highest BCUT2D eigenvalue weighted by atomic mass is 79.9. The maximum Gasteiger partial charge on any atom is 0.183 e. The zero-order chi connectivity index (χ0) is 12.6. The number of Topliss-reactive ketones (excluding diaryl/α,β-unsaturated/α-hetero) is 1. The average Bonchev–Trinajstić information content (AvgIpc) is 2.57. The molecule has 0 atom stereocenters. The van der Waals surface area contributed by atoms with Crippen molar-refractivity contribution < 1.29 is 4.79 Å². The van der Waals surface area contributed by atoms with Gasteiger partial charge < -0.3 is 5.73 Å². The number of hydrogen-bond donors (Lipinski definition) is 1. The molecule has 0 radical (unpaired) electrons. The fourth-order valence-electron chi connectivity index (χ4n) is 2.20. The maximum absolute atomic E-state index is 12.3. The van der Waals surface area contributed by atoms with Crippen molar-refractivity contribution in [3.63, 3.8) is 0 Å². The molecule has 1 aliphatic carbocycles. The third kappa shape index (κ3) is 2.45. The normalized spacial score (nSPS) is 18.2. The average molecular weight is 300 g/mol. The predicted molar refractivity (Wildman–Crippen MR) is 70.0 cm³/mol. The van der Waals surface area contributed by atoms with E-state index in [1.807, 2.05) is 13.8 Å². The Morgan fingerprint density at radius 1 is 1.65 bits per heavy atom. The van der Waals surface area contributed by atoms with E-state index in [0.29, 0.717) is 12.1 Å². The molecule has 1 saturated carbocycles. The van der Waals surface area contributed by atoms with E-state index < -0.39 is 0 Å². The van der Waals surface area contributed by atoms with Crippen LogP contribution in [0.2, 0.25) is 0 Å². The highest BCUT2D eigenvalue weighted by Gasteiger charge is 2.36. The second-order valence-corrected chi connectivity index (χ2v) is 6.05. The van der Waals surface area contributed by atoms with Gasteiger partial charge >= 0.3 is 0 Å². The van der Waals surface area contributed by atoms with Crippen molar-refractivity contribution in [1.29, 1.82) is 0 Å². The van der Waals surface area contributed by atoms with E-state index in [9.17, 15) is 4.79 Å². The van der Waals surface area contributed by atoms with Crippen molar-refractivity contribution in [2.24, 2.45) is 5.73 Å². The minimum atomic E-state index is -0.275. The third-order valence-electron chi connectivity index (χ3n) is 3.37. The first kappa shape index (κ1) is 12.8. The fourth-order valence-corrected chi connectivity index (χ4v) is 2.70. The van der Waals surface area contributed by atoms with Crippen LogP contribution in [0.1, 0.15) is 56.1 Å². The minimum Gasteiger partial charge on any atom is -0.325 e. The largest absolute Gasteiger partial charge is 0.325 e. The summed E-state index contributed by atoms with van der Waals surface area (Å²) in [6, 6.07) is 0.176. The molecule has 0 bridgehead atoms. The first-order valence-electron chi connectivity index (χ1n) is 5.98. The molecule has 0 aliphatic heterocycles. The zero-order valence-corrected chi connectivity index (χ0v) is 11.8. The second kappa shape index (κ2) is 4.53. The summed E-state index contributed by atoms with van der Waals surface area (Å²) in [6.45, 7) is 4.02. The summed E-state index contributed by atoms with van der Waals surface area (Å²) in [5.74, 6) is 0.0882. The molecule has 17 heavy (non-hydrogen) atoms. The molecule has 0 spiro atoms. The first-order valence-corrected chi connectivity index (χ1v) is 6.77. The van der Waals surface area contributed by atoms with Gasteiger partial charge in [0.2, 0.25) is 0 Å². The van der Waals surface area contributed by atoms with Crippen molar-refractivity contribution >= 4 is 21.7 Å². The Morgan fingerprint density at radius 3 is 2.76 bits per heavy atom. The smallest absolute Gasteiger partial charge is 0.183 e. The van der Waals surface area contributed by atoms with Crippen LogP contribution in [-0.2, 0) is 0 Å². The van der Waals surface area contributed by atoms with Gasteiger partial charge in [-0.05, 0) is 49.0 Å². The molecule has 0 amide bonds. The quantitative estimate of drug-likeness (QED) is 0.870. The number of carbonyl (C=O) groups excluding carboxylic acids is 1. The summed E-state index contributed by atoms with van der Waals surface area (Å²) >= 11 is 3.39. The van der Waals surface area contributed by atoms with Gasteiger partial charge in [0, 0.05) is 18.0 Å². The molecule has 2 rings (SSSR count). The molecule has 0 unspecified atom stereocenters. The summed E-state index contributed by atoms with van der Waals surface area (Å²) in [7, 11) is 0. The van der Waals surface area contributed by atoms with E-state index in [1.165, 1.54) is 0 Å². The summed E-state index contributed by atoms with van der Waals surface area (Å²) < 4.78 is 2.52. The minimum absolute atomic E-state index is 0.0882. The van der Waals surface area contributed by atoms with Crippen LogP contribution >= 0.6 is 15.9 Å². The van der Waals surface area contributed by atoms with E-state index in [0.717, 1.165) is 23.7 Å². The van der Waals surface area contributed by atoms with Crippen LogP contribution in [0.5, 0.6) is 0 Å². The molecule has 5 heteroatoms. The fraction of sp³-hybridized carbons (Fsp3) is 0.667. The molecular weight excluding hydrogens is 282 g/mol. The van der Waals surface area contributed by atoms with Gasteiger partial charge in [0.1, 0.15) is 5.69 Å². The van der Waals surface area contributed by atoms with Crippen LogP contribution in [-0.4, -0.2) is 21.1 Å². The monoisotopic (exact) mass is 299 g/mol. The van der Waals surface area contributed by atoms with E-state index in [2.05, 4.69) is 21.0 Å². The molecule has 0 aromatic carbocycles. The van der Waals surface area contributed by atoms with Gasteiger partial charge in [-0.1, -0.05) is 0 Å². The highest BCUT2D eigenvalue weighted by molar-refractivity contribution is 9.10. The standard InChI is InChI=1S/C12H18BrN3O/c1-8(2)16-11(9(13)7-15-16)10(17)6-12(14)4-3-5-12/h7-8H,3-6,14H2,1-2H3. The van der Waals surface area contributed by atoms with Crippen molar-refractivity contribution in [3.05, 3.63) is 16.4 Å². The number of carbonyl (C=O) groups is 1. The van der Waals surface area contributed by atoms with Gasteiger partial charge in [-0.25, -0.2) is 0 Å². The van der Waals surface area contributed by atoms with Crippen LogP contribution in [0.25, 0.3) is 0 Å². The highest BCUT2D eigenvalue weighted by Crippen LogP contribution is 2.34. The molecule has 1 heterocycles. The van der Waals surface area contributed by atoms with Gasteiger partial charge in [0.15, 0.2) is 5.78 Å². The van der Waals surface area contributed by atoms with Crippen molar-refractivity contribution in [1.82, 2.24) is 9.78 Å². The van der Waals surface area contributed by atoms with Crippen LogP contribution in [0.3, 0.4) is 0 Å². The molecule has 1 fully saturated rings. The van der Waals surface area contributed by atoms with Crippen molar-refractivity contribution in [2.75, 3.05) is 0 Å². The summed E-state index contributed by atoms with van der Waals surface area (Å²) in [5, 5.41) is 4.22. The number of nitrogens with two attached hydrogens (primary N) is 1. The lowest BCUT2D eigenvalue weighted by molar-refractivity contribution is 0.0899. The number of halogens is 1. The van der Waals surface area contributed by atoms with Crippen LogP contribution < -0.4 is 5.73 Å². The van der Waals surface area contributed by atoms with Gasteiger partial charge in [0.05, 0.1) is 10.7 Å². The van der Waals surface area contributed by atoms with Gasteiger partial charge in [-0.3, -0.25) is 9.48 Å². The third-order valence-corrected chi connectivity index (χ3v) is 3.95. The second-order valence-electron chi connectivity index (χ2n) is 5.20. The molecule has 1 aromatic heterocycles. The number of ketones is 1. The van der Waals surface area contributed by atoms with Crippen LogP contribution in [0.4, 0.5) is 0 Å². The summed E-state index contributed by atoms with van der Waals surface area (Å²) in [6.07, 6.45) is 5.13. The Morgan fingerprint density at radius 2 is 2.29 bits per heavy atom. The topological polar surface area (TPSA) is 60.9 Å². The Hall–Kier alpha value is -0.680. The van der Waals surface area contributed by atoms with E-state index in [1.54, 1.807) is 10.9 Å². The summed E-state index contributed by atoms with van der Waals surface area (Å²) in [5.41, 5.74) is 6.49. The van der Waals surface area contributed by atoms with E-state index >= 15 is 0 Å². The number of nitrogens with zero attached hydrogens (tertiary/aromatic N) is 2. The molecular formula is C12H18BrN3O. The Labute approximate surface area is 110 Å². The number of hydrogen-bond acceptors (Lipinski definition) is 3. The lowest BCUT2D eigenvalue weighted by Gasteiger charge is -2.37. The Bertz CT molecular complexity index is 435. The zero-order valence-electron chi connectivity index (χ0n) is 10.2. The van der Waals surface area contributed by atoms with Gasteiger partial charge in [-0.2, -0.15) is 5.10 Å². The maximum atomic E-state index is 12.3. The lowest BCUT2D eigenvalue weighted by Crippen LogP contribution is -2.48. The molecule has 4 nitrogen and oxygen atoms in total. The Balaban J connectivity index is 2.21. The summed E-state index contributed by atoms with van der Waals surface area (Å²) in [4.78, 5) is 12.3. The van der Waals surface area contributed by atoms with E-state index in [4.69, 9.17) is 5.73 Å². The molecule has 1 aliphatic rings. The van der Waals surface area contributed by atoms with Crippen molar-refractivity contribution in [2.45, 2.75) is 51.1 Å². The SMILES string of the molecule is CC(C)n1ncc(Br)c1C(=O)CC1(N)CCC1. The molecule has 2 N–H and O–H groups in total. The number of rotatable bonds is 4. The predicted octanol–water partition coefficient (Wildman–Crippen LogP) is 2.68. The molecule has 1 aromatic rings. The van der Waals surface area contributed by atoms with Crippen LogP contribution in [0.15, 0.2) is 10.7 Å². The first-order chi connectivity index (χ1) is 7.93. The van der Waals surface area contributed by atoms with Gasteiger partial charge in [0.25, 0.3) is 0 Å². The van der Waals surface area contributed by atoms with Crippen LogP contribution in [0, 0.1) is 0 Å². The number of aromatic nitrogens is 2. The lowest BCUT2D eigenvalue weighted by atomic mass is 9.74. The van der Waals surface area contributed by atoms with E-state index in [-0.39, 0.29) is 17.4 Å². The molecule has 0 saturated heterocycles. The van der Waals surface area contributed by atoms with Crippen molar-refractivity contribution in [3.8, 4) is 0 Å². The Kier molecular flexibility index (Phi) is 3.41. The molecule has 94 valence electrons. The van der Waals surface area contributed by atoms with Gasteiger partial charge in [-0.15, -0.1) is 0 Å².